The van der Waals surface area contributed by atoms with Crippen LogP contribution in [-0.2, 0) is 10.1 Å². The maximum atomic E-state index is 12.6. The van der Waals surface area contributed by atoms with Crippen molar-refractivity contribution in [1.82, 2.24) is 4.98 Å². The molecular formula is C24H17NO3S. The lowest BCUT2D eigenvalue weighted by molar-refractivity contribution is 0.484. The summed E-state index contributed by atoms with van der Waals surface area (Å²) in [6.07, 6.45) is 0. The predicted octanol–water partition coefficient (Wildman–Crippen LogP) is 5.90. The highest BCUT2D eigenvalue weighted by Crippen LogP contribution is 2.43. The highest BCUT2D eigenvalue weighted by molar-refractivity contribution is 7.86. The minimum Gasteiger partial charge on any atom is -0.353 e. The number of nitrogens with one attached hydrogen (secondary N) is 1. The first kappa shape index (κ1) is 17.7. The summed E-state index contributed by atoms with van der Waals surface area (Å²) in [5.41, 5.74) is 4.06. The van der Waals surface area contributed by atoms with Gasteiger partial charge in [0.05, 0.1) is 5.52 Å². The molecule has 5 rings (SSSR count). The first-order valence-corrected chi connectivity index (χ1v) is 10.6. The van der Waals surface area contributed by atoms with Crippen LogP contribution in [0.5, 0.6) is 0 Å². The lowest BCUT2D eigenvalue weighted by atomic mass is 9.92. The van der Waals surface area contributed by atoms with E-state index < -0.39 is 10.1 Å². The SMILES string of the molecule is O=S(=O)(O)c1c(-c2ccccc2)c(-c2ccccc2)cc2c1[nH]c1ccccc12. The summed E-state index contributed by atoms with van der Waals surface area (Å²) in [5, 5.41) is 1.66. The molecule has 0 aliphatic heterocycles. The van der Waals surface area contributed by atoms with Gasteiger partial charge in [0, 0.05) is 21.9 Å². The van der Waals surface area contributed by atoms with Crippen molar-refractivity contribution in [3.63, 3.8) is 0 Å². The number of rotatable bonds is 3. The number of hydrogen-bond donors (Lipinski definition) is 2. The highest BCUT2D eigenvalue weighted by Gasteiger charge is 2.26. The van der Waals surface area contributed by atoms with E-state index in [0.29, 0.717) is 11.1 Å². The Morgan fingerprint density at radius 3 is 1.93 bits per heavy atom. The van der Waals surface area contributed by atoms with Crippen LogP contribution < -0.4 is 0 Å². The maximum absolute atomic E-state index is 12.6. The van der Waals surface area contributed by atoms with Crippen molar-refractivity contribution in [1.29, 1.82) is 0 Å². The van der Waals surface area contributed by atoms with Crippen LogP contribution in [0.2, 0.25) is 0 Å². The summed E-state index contributed by atoms with van der Waals surface area (Å²) in [7, 11) is -4.52. The first-order chi connectivity index (χ1) is 14.0. The van der Waals surface area contributed by atoms with Crippen molar-refractivity contribution >= 4 is 31.9 Å². The van der Waals surface area contributed by atoms with E-state index >= 15 is 0 Å². The quantitative estimate of drug-likeness (QED) is 0.371. The average molecular weight is 399 g/mol. The topological polar surface area (TPSA) is 70.2 Å². The first-order valence-electron chi connectivity index (χ1n) is 9.20. The molecule has 0 aliphatic carbocycles. The fourth-order valence-electron chi connectivity index (χ4n) is 3.95. The molecule has 0 saturated carbocycles. The van der Waals surface area contributed by atoms with Crippen molar-refractivity contribution in [3.05, 3.63) is 91.0 Å². The molecular weight excluding hydrogens is 382 g/mol. The van der Waals surface area contributed by atoms with Crippen LogP contribution in [0.4, 0.5) is 0 Å². The Balaban J connectivity index is 2.05. The Hall–Kier alpha value is -3.41. The number of fused-ring (bicyclic) bond motifs is 3. The molecule has 0 bridgehead atoms. The third-order valence-electron chi connectivity index (χ3n) is 5.16. The van der Waals surface area contributed by atoms with Gasteiger partial charge in [0.2, 0.25) is 0 Å². The van der Waals surface area contributed by atoms with Gasteiger partial charge in [-0.1, -0.05) is 78.9 Å². The summed E-state index contributed by atoms with van der Waals surface area (Å²) in [6, 6.07) is 28.6. The van der Waals surface area contributed by atoms with Crippen LogP contribution >= 0.6 is 0 Å². The molecule has 0 aliphatic rings. The van der Waals surface area contributed by atoms with E-state index in [4.69, 9.17) is 0 Å². The van der Waals surface area contributed by atoms with Crippen LogP contribution in [-0.4, -0.2) is 18.0 Å². The lowest BCUT2D eigenvalue weighted by Crippen LogP contribution is -2.04. The Morgan fingerprint density at radius 2 is 1.28 bits per heavy atom. The second-order valence-electron chi connectivity index (χ2n) is 6.93. The van der Waals surface area contributed by atoms with E-state index in [1.54, 1.807) is 0 Å². The second-order valence-corrected chi connectivity index (χ2v) is 8.29. The van der Waals surface area contributed by atoms with Gasteiger partial charge in [-0.2, -0.15) is 8.42 Å². The molecule has 0 radical (unpaired) electrons. The van der Waals surface area contributed by atoms with Crippen molar-refractivity contribution in [2.75, 3.05) is 0 Å². The highest BCUT2D eigenvalue weighted by atomic mass is 32.2. The van der Waals surface area contributed by atoms with E-state index in [9.17, 15) is 13.0 Å². The van der Waals surface area contributed by atoms with E-state index in [1.807, 2.05) is 91.0 Å². The molecule has 1 heterocycles. The Labute approximate surface area is 168 Å². The fourth-order valence-corrected chi connectivity index (χ4v) is 4.86. The Kier molecular flexibility index (Phi) is 4.01. The monoisotopic (exact) mass is 399 g/mol. The second kappa shape index (κ2) is 6.58. The summed E-state index contributed by atoms with van der Waals surface area (Å²) in [4.78, 5) is 3.10. The summed E-state index contributed by atoms with van der Waals surface area (Å²) < 4.78 is 35.6. The molecule has 4 nitrogen and oxygen atoms in total. The van der Waals surface area contributed by atoms with Gasteiger partial charge in [0.25, 0.3) is 10.1 Å². The van der Waals surface area contributed by atoms with Crippen molar-refractivity contribution in [2.24, 2.45) is 0 Å². The normalized spacial score (nSPS) is 11.9. The number of hydrogen-bond acceptors (Lipinski definition) is 2. The fraction of sp³-hybridized carbons (Fsp3) is 0. The molecule has 2 N–H and O–H groups in total. The number of para-hydroxylation sites is 1. The van der Waals surface area contributed by atoms with Gasteiger partial charge in [-0.3, -0.25) is 4.55 Å². The molecule has 0 atom stereocenters. The molecule has 5 aromatic rings. The lowest BCUT2D eigenvalue weighted by Gasteiger charge is -2.16. The molecule has 142 valence electrons. The maximum Gasteiger partial charge on any atom is 0.297 e. The predicted molar refractivity (Wildman–Crippen MR) is 116 cm³/mol. The Morgan fingerprint density at radius 1 is 0.690 bits per heavy atom. The van der Waals surface area contributed by atoms with Crippen LogP contribution in [0.3, 0.4) is 0 Å². The zero-order valence-electron chi connectivity index (χ0n) is 15.3. The van der Waals surface area contributed by atoms with Gasteiger partial charge in [0.1, 0.15) is 4.90 Å². The van der Waals surface area contributed by atoms with E-state index in [0.717, 1.165) is 33.0 Å². The molecule has 0 unspecified atom stereocenters. The summed E-state index contributed by atoms with van der Waals surface area (Å²) in [5.74, 6) is 0. The zero-order valence-corrected chi connectivity index (χ0v) is 16.1. The van der Waals surface area contributed by atoms with Crippen molar-refractivity contribution < 1.29 is 13.0 Å². The largest absolute Gasteiger partial charge is 0.353 e. The van der Waals surface area contributed by atoms with Crippen LogP contribution in [0.15, 0.2) is 95.9 Å². The summed E-state index contributed by atoms with van der Waals surface area (Å²) >= 11 is 0. The van der Waals surface area contributed by atoms with Crippen molar-refractivity contribution in [3.8, 4) is 22.3 Å². The van der Waals surface area contributed by atoms with Crippen molar-refractivity contribution in [2.45, 2.75) is 4.90 Å². The van der Waals surface area contributed by atoms with E-state index in [1.165, 1.54) is 0 Å². The van der Waals surface area contributed by atoms with Gasteiger partial charge in [-0.25, -0.2) is 0 Å². The molecule has 4 aromatic carbocycles. The van der Waals surface area contributed by atoms with Gasteiger partial charge in [0.15, 0.2) is 0 Å². The average Bonchev–Trinajstić information content (AvgIpc) is 3.11. The molecule has 29 heavy (non-hydrogen) atoms. The van der Waals surface area contributed by atoms with Gasteiger partial charge in [-0.05, 0) is 28.8 Å². The summed E-state index contributed by atoms with van der Waals surface area (Å²) in [6.45, 7) is 0. The molecule has 5 heteroatoms. The van der Waals surface area contributed by atoms with E-state index in [-0.39, 0.29) is 4.90 Å². The molecule has 0 fully saturated rings. The number of aromatic amines is 1. The molecule has 1 aromatic heterocycles. The van der Waals surface area contributed by atoms with Crippen LogP contribution in [0, 0.1) is 0 Å². The number of H-pyrrole nitrogens is 1. The van der Waals surface area contributed by atoms with Gasteiger partial charge in [-0.15, -0.1) is 0 Å². The molecule has 0 saturated heterocycles. The molecule has 0 spiro atoms. The third-order valence-corrected chi connectivity index (χ3v) is 6.09. The minimum atomic E-state index is -4.52. The standard InChI is InChI=1S/C24H17NO3S/c26-29(27,28)24-22(17-11-5-2-6-12-17)19(16-9-3-1-4-10-16)15-20-18-13-7-8-14-21(18)25-23(20)24/h1-15,25H,(H,26,27,28). The Bertz CT molecular complexity index is 1450. The van der Waals surface area contributed by atoms with Crippen LogP contribution in [0.25, 0.3) is 44.1 Å². The van der Waals surface area contributed by atoms with E-state index in [2.05, 4.69) is 4.98 Å². The van der Waals surface area contributed by atoms with Gasteiger partial charge < -0.3 is 4.98 Å². The zero-order chi connectivity index (χ0) is 20.0. The molecule has 0 amide bonds. The number of aromatic nitrogens is 1. The van der Waals surface area contributed by atoms with Crippen LogP contribution in [0.1, 0.15) is 0 Å². The smallest absolute Gasteiger partial charge is 0.297 e. The van der Waals surface area contributed by atoms with Gasteiger partial charge >= 0.3 is 0 Å². The number of benzene rings is 4. The third kappa shape index (κ3) is 2.92. The minimum absolute atomic E-state index is 0.101.